The fourth-order valence-corrected chi connectivity index (χ4v) is 6.17. The van der Waals surface area contributed by atoms with E-state index in [2.05, 4.69) is 144 Å². The molecule has 1 heteroatoms. The first-order valence-corrected chi connectivity index (χ1v) is 12.8. The minimum absolute atomic E-state index is 1.18. The van der Waals surface area contributed by atoms with Gasteiger partial charge in [0.25, 0.3) is 0 Å². The zero-order valence-electron chi connectivity index (χ0n) is 20.2. The van der Waals surface area contributed by atoms with E-state index >= 15 is 0 Å². The third kappa shape index (κ3) is 2.92. The van der Waals surface area contributed by atoms with Crippen LogP contribution in [0.3, 0.4) is 0 Å². The van der Waals surface area contributed by atoms with Gasteiger partial charge in [0.1, 0.15) is 0 Å². The van der Waals surface area contributed by atoms with Crippen molar-refractivity contribution in [1.82, 2.24) is 4.57 Å². The van der Waals surface area contributed by atoms with Gasteiger partial charge in [-0.05, 0) is 62.1 Å². The smallest absolute Gasteiger partial charge is 0.0619 e. The predicted octanol–water partition coefficient (Wildman–Crippen LogP) is 9.91. The molecule has 8 aromatic rings. The van der Waals surface area contributed by atoms with Crippen LogP contribution < -0.4 is 0 Å². The van der Waals surface area contributed by atoms with E-state index in [9.17, 15) is 0 Å². The number of hydrogen-bond acceptors (Lipinski definition) is 0. The van der Waals surface area contributed by atoms with Crippen LogP contribution in [0, 0.1) is 0 Å². The van der Waals surface area contributed by atoms with Crippen LogP contribution in [0.5, 0.6) is 0 Å². The summed E-state index contributed by atoms with van der Waals surface area (Å²) in [5, 5.41) is 10.4. The van der Waals surface area contributed by atoms with Crippen LogP contribution >= 0.6 is 0 Å². The Morgan fingerprint density at radius 2 is 0.892 bits per heavy atom. The Balaban J connectivity index is 1.51. The number of nitrogens with zero attached hydrogens (tertiary/aromatic N) is 1. The van der Waals surface area contributed by atoms with Gasteiger partial charge in [-0.1, -0.05) is 115 Å². The van der Waals surface area contributed by atoms with Gasteiger partial charge in [0.15, 0.2) is 0 Å². The monoisotopic (exact) mass is 469 g/mol. The molecular weight excluding hydrogens is 446 g/mol. The molecule has 0 amide bonds. The summed E-state index contributed by atoms with van der Waals surface area (Å²) in [6, 6.07) is 50.7. The molecule has 0 aliphatic carbocycles. The fraction of sp³-hybridized carbons (Fsp3) is 0. The van der Waals surface area contributed by atoms with Gasteiger partial charge in [-0.2, -0.15) is 0 Å². The molecule has 1 heterocycles. The summed E-state index contributed by atoms with van der Waals surface area (Å²) in [5.41, 5.74) is 6.14. The SMILES string of the molecule is c1ccc(-n2c3ccccc3c3cccc(-c4ccc5c6ccccc6c6ccccc6c5c4)c32)cc1. The van der Waals surface area contributed by atoms with Crippen LogP contribution in [0.1, 0.15) is 0 Å². The van der Waals surface area contributed by atoms with Gasteiger partial charge in [0.2, 0.25) is 0 Å². The average molecular weight is 470 g/mol. The Morgan fingerprint density at radius 3 is 1.59 bits per heavy atom. The highest BCUT2D eigenvalue weighted by atomic mass is 15.0. The Kier molecular flexibility index (Phi) is 4.29. The number of para-hydroxylation sites is 3. The van der Waals surface area contributed by atoms with Gasteiger partial charge >= 0.3 is 0 Å². The van der Waals surface area contributed by atoms with E-state index in [4.69, 9.17) is 0 Å². The molecule has 0 saturated heterocycles. The van der Waals surface area contributed by atoms with Gasteiger partial charge in [-0.25, -0.2) is 0 Å². The first-order valence-electron chi connectivity index (χ1n) is 12.8. The lowest BCUT2D eigenvalue weighted by Gasteiger charge is -2.14. The van der Waals surface area contributed by atoms with Crippen molar-refractivity contribution in [3.8, 4) is 16.8 Å². The Bertz CT molecular complexity index is 2100. The van der Waals surface area contributed by atoms with Crippen molar-refractivity contribution in [3.05, 3.63) is 140 Å². The molecule has 37 heavy (non-hydrogen) atoms. The summed E-state index contributed by atoms with van der Waals surface area (Å²) in [6.07, 6.45) is 0. The molecule has 0 saturated carbocycles. The van der Waals surface area contributed by atoms with Crippen LogP contribution in [-0.4, -0.2) is 4.57 Å². The highest BCUT2D eigenvalue weighted by Crippen LogP contribution is 2.41. The third-order valence-electron chi connectivity index (χ3n) is 7.76. The minimum Gasteiger partial charge on any atom is -0.309 e. The second kappa shape index (κ2) is 7.81. The molecule has 8 rings (SSSR count). The normalized spacial score (nSPS) is 11.8. The third-order valence-corrected chi connectivity index (χ3v) is 7.76. The number of benzene rings is 7. The zero-order chi connectivity index (χ0) is 24.3. The van der Waals surface area contributed by atoms with Crippen molar-refractivity contribution in [1.29, 1.82) is 0 Å². The van der Waals surface area contributed by atoms with Crippen molar-refractivity contribution >= 4 is 54.1 Å². The lowest BCUT2D eigenvalue weighted by molar-refractivity contribution is 1.18. The van der Waals surface area contributed by atoms with E-state index in [1.54, 1.807) is 0 Å². The molecule has 0 radical (unpaired) electrons. The van der Waals surface area contributed by atoms with Crippen LogP contribution in [-0.2, 0) is 0 Å². The van der Waals surface area contributed by atoms with Gasteiger partial charge in [-0.15, -0.1) is 0 Å². The molecule has 7 aromatic carbocycles. The summed E-state index contributed by atoms with van der Waals surface area (Å²) in [7, 11) is 0. The van der Waals surface area contributed by atoms with Crippen molar-refractivity contribution < 1.29 is 0 Å². The molecule has 0 fully saturated rings. The lowest BCUT2D eigenvalue weighted by atomic mass is 9.91. The summed E-state index contributed by atoms with van der Waals surface area (Å²) in [5.74, 6) is 0. The van der Waals surface area contributed by atoms with Crippen LogP contribution in [0.2, 0.25) is 0 Å². The van der Waals surface area contributed by atoms with E-state index < -0.39 is 0 Å². The van der Waals surface area contributed by atoms with E-state index in [1.807, 2.05) is 0 Å². The van der Waals surface area contributed by atoms with Crippen LogP contribution in [0.25, 0.3) is 70.9 Å². The molecule has 172 valence electrons. The molecule has 0 aliphatic rings. The Labute approximate surface area is 214 Å². The summed E-state index contributed by atoms with van der Waals surface area (Å²) in [6.45, 7) is 0. The van der Waals surface area contributed by atoms with E-state index in [0.717, 1.165) is 0 Å². The van der Waals surface area contributed by atoms with Crippen molar-refractivity contribution in [2.24, 2.45) is 0 Å². The maximum absolute atomic E-state index is 2.42. The molecule has 0 atom stereocenters. The second-order valence-corrected chi connectivity index (χ2v) is 9.74. The largest absolute Gasteiger partial charge is 0.309 e. The maximum Gasteiger partial charge on any atom is 0.0619 e. The molecule has 0 unspecified atom stereocenters. The lowest BCUT2D eigenvalue weighted by Crippen LogP contribution is -1.95. The molecule has 0 N–H and O–H groups in total. The number of aromatic nitrogens is 1. The first-order chi connectivity index (χ1) is 18.4. The Morgan fingerprint density at radius 1 is 0.351 bits per heavy atom. The molecule has 0 spiro atoms. The van der Waals surface area contributed by atoms with Crippen LogP contribution in [0.4, 0.5) is 0 Å². The van der Waals surface area contributed by atoms with Gasteiger partial charge in [0.05, 0.1) is 11.0 Å². The number of rotatable bonds is 2. The van der Waals surface area contributed by atoms with Crippen molar-refractivity contribution in [3.63, 3.8) is 0 Å². The topological polar surface area (TPSA) is 4.93 Å². The molecular formula is C36H23N. The molecule has 1 aromatic heterocycles. The molecule has 1 nitrogen and oxygen atoms in total. The van der Waals surface area contributed by atoms with E-state index in [1.165, 1.54) is 70.9 Å². The predicted molar refractivity (Wildman–Crippen MR) is 159 cm³/mol. The molecule has 0 aliphatic heterocycles. The summed E-state index contributed by atoms with van der Waals surface area (Å²) in [4.78, 5) is 0. The zero-order valence-corrected chi connectivity index (χ0v) is 20.2. The van der Waals surface area contributed by atoms with E-state index in [0.29, 0.717) is 0 Å². The van der Waals surface area contributed by atoms with Gasteiger partial charge in [-0.3, -0.25) is 0 Å². The highest BCUT2D eigenvalue weighted by molar-refractivity contribution is 6.26. The second-order valence-electron chi connectivity index (χ2n) is 9.74. The van der Waals surface area contributed by atoms with Crippen molar-refractivity contribution in [2.45, 2.75) is 0 Å². The quantitative estimate of drug-likeness (QED) is 0.222. The average Bonchev–Trinajstić information content (AvgIpc) is 3.32. The first kappa shape index (κ1) is 20.3. The van der Waals surface area contributed by atoms with Gasteiger partial charge in [0, 0.05) is 22.0 Å². The Hall–Kier alpha value is -4.88. The molecule has 0 bridgehead atoms. The van der Waals surface area contributed by atoms with E-state index in [-0.39, 0.29) is 0 Å². The number of hydrogen-bond donors (Lipinski definition) is 0. The summed E-state index contributed by atoms with van der Waals surface area (Å²) < 4.78 is 2.42. The standard InChI is InChI=1S/C36H23N/c1-2-11-25(12-3-1)37-35-20-9-8-17-32(35)33-19-10-18-26(36(33)37)24-21-22-31-29-15-5-4-13-27(29)28-14-6-7-16-30(28)34(31)23-24/h1-23H. The van der Waals surface area contributed by atoms with Crippen molar-refractivity contribution in [2.75, 3.05) is 0 Å². The maximum atomic E-state index is 2.42. The summed E-state index contributed by atoms with van der Waals surface area (Å²) >= 11 is 0. The van der Waals surface area contributed by atoms with Crippen LogP contribution in [0.15, 0.2) is 140 Å². The highest BCUT2D eigenvalue weighted by Gasteiger charge is 2.17. The fourth-order valence-electron chi connectivity index (χ4n) is 6.17. The minimum atomic E-state index is 1.18. The number of fused-ring (bicyclic) bond motifs is 9. The van der Waals surface area contributed by atoms with Gasteiger partial charge < -0.3 is 4.57 Å².